The average molecular weight is 252 g/mol. The van der Waals surface area contributed by atoms with E-state index in [1.807, 2.05) is 26.8 Å². The Bertz CT molecular complexity index is 397. The maximum Gasteiger partial charge on any atom is 0.139 e. The van der Waals surface area contributed by atoms with Gasteiger partial charge in [-0.3, -0.25) is 4.79 Å². The molecule has 0 aromatic heterocycles. The summed E-state index contributed by atoms with van der Waals surface area (Å²) in [6, 6.07) is 0. The lowest BCUT2D eigenvalue weighted by molar-refractivity contribution is -0.135. The summed E-state index contributed by atoms with van der Waals surface area (Å²) >= 11 is 0. The van der Waals surface area contributed by atoms with E-state index in [4.69, 9.17) is 0 Å². The minimum atomic E-state index is -0.709. The number of carbonyl (C=O) groups is 1. The molecular weight excluding hydrogens is 228 g/mol. The van der Waals surface area contributed by atoms with E-state index < -0.39 is 17.1 Å². The molecule has 2 rings (SSSR count). The van der Waals surface area contributed by atoms with Gasteiger partial charge in [-0.2, -0.15) is 0 Å². The maximum atomic E-state index is 12.1. The van der Waals surface area contributed by atoms with E-state index >= 15 is 0 Å². The van der Waals surface area contributed by atoms with E-state index in [2.05, 4.69) is 0 Å². The van der Waals surface area contributed by atoms with Crippen LogP contribution in [-0.4, -0.2) is 27.7 Å². The number of ketones is 1. The Morgan fingerprint density at radius 3 is 2.61 bits per heavy atom. The zero-order valence-electron chi connectivity index (χ0n) is 11.7. The lowest BCUT2D eigenvalue weighted by Crippen LogP contribution is -2.52. The Hall–Kier alpha value is -0.670. The summed E-state index contributed by atoms with van der Waals surface area (Å²) in [6.07, 6.45) is 3.36. The third-order valence-electron chi connectivity index (χ3n) is 5.34. The van der Waals surface area contributed by atoms with Crippen molar-refractivity contribution in [3.63, 3.8) is 0 Å². The van der Waals surface area contributed by atoms with Gasteiger partial charge >= 0.3 is 0 Å². The molecule has 0 heterocycles. The van der Waals surface area contributed by atoms with Crippen molar-refractivity contribution in [3.8, 4) is 0 Å². The fourth-order valence-electron chi connectivity index (χ4n) is 3.89. The maximum absolute atomic E-state index is 12.1. The van der Waals surface area contributed by atoms with Crippen LogP contribution in [0.25, 0.3) is 0 Å². The number of Topliss-reactive ketones (excluding diaryl/α,β-unsaturated/α-hetero) is 1. The van der Waals surface area contributed by atoms with Crippen LogP contribution < -0.4 is 0 Å². The summed E-state index contributed by atoms with van der Waals surface area (Å²) in [5.74, 6) is 0.307. The molecule has 1 saturated carbocycles. The van der Waals surface area contributed by atoms with Crippen LogP contribution in [0.2, 0.25) is 0 Å². The third-order valence-corrected chi connectivity index (χ3v) is 5.34. The molecule has 0 bridgehead atoms. The molecule has 0 amide bonds. The van der Waals surface area contributed by atoms with Crippen molar-refractivity contribution in [2.45, 2.75) is 58.7 Å². The average Bonchev–Trinajstić information content (AvgIpc) is 2.24. The predicted molar refractivity (Wildman–Crippen MR) is 70.0 cm³/mol. The molecule has 2 aliphatic rings. The summed E-state index contributed by atoms with van der Waals surface area (Å²) in [6.45, 7) is 7.39. The minimum Gasteiger partial charge on any atom is -0.390 e. The first kappa shape index (κ1) is 13.8. The van der Waals surface area contributed by atoms with Gasteiger partial charge in [-0.25, -0.2) is 0 Å². The number of hydrogen-bond donors (Lipinski definition) is 2. The smallest absolute Gasteiger partial charge is 0.139 e. The van der Waals surface area contributed by atoms with Gasteiger partial charge in [0.2, 0.25) is 0 Å². The number of fused-ring (bicyclic) bond motifs is 1. The van der Waals surface area contributed by atoms with Crippen LogP contribution >= 0.6 is 0 Å². The predicted octanol–water partition coefficient (Wildman–Crippen LogP) is 2.07. The van der Waals surface area contributed by atoms with E-state index in [1.54, 1.807) is 6.92 Å². The highest BCUT2D eigenvalue weighted by Gasteiger charge is 2.52. The van der Waals surface area contributed by atoms with Crippen molar-refractivity contribution in [3.05, 3.63) is 11.6 Å². The molecule has 0 saturated heterocycles. The topological polar surface area (TPSA) is 57.5 Å². The van der Waals surface area contributed by atoms with Gasteiger partial charge in [0.25, 0.3) is 0 Å². The molecular formula is C15H24O3. The Kier molecular flexibility index (Phi) is 3.19. The molecule has 0 aliphatic heterocycles. The highest BCUT2D eigenvalue weighted by molar-refractivity contribution is 5.86. The highest BCUT2D eigenvalue weighted by atomic mass is 16.3. The van der Waals surface area contributed by atoms with Gasteiger partial charge in [0.05, 0.1) is 11.7 Å². The van der Waals surface area contributed by atoms with Gasteiger partial charge in [0.1, 0.15) is 5.78 Å². The summed E-state index contributed by atoms with van der Waals surface area (Å²) in [7, 11) is 0. The van der Waals surface area contributed by atoms with E-state index in [1.165, 1.54) is 0 Å². The molecule has 0 unspecified atom stereocenters. The summed E-state index contributed by atoms with van der Waals surface area (Å²) < 4.78 is 0. The number of rotatable bonds is 1. The van der Waals surface area contributed by atoms with Crippen LogP contribution in [0.3, 0.4) is 0 Å². The molecule has 0 radical (unpaired) electrons. The number of carbonyl (C=O) groups excluding carboxylic acids is 1. The van der Waals surface area contributed by atoms with Crippen molar-refractivity contribution in [1.29, 1.82) is 0 Å². The van der Waals surface area contributed by atoms with Gasteiger partial charge in [0.15, 0.2) is 0 Å². The van der Waals surface area contributed by atoms with Crippen LogP contribution in [0.15, 0.2) is 11.6 Å². The fraction of sp³-hybridized carbons (Fsp3) is 0.800. The van der Waals surface area contributed by atoms with Crippen LogP contribution in [0.5, 0.6) is 0 Å². The second kappa shape index (κ2) is 4.17. The standard InChI is InChI=1S/C15H24O3/c1-9-7-13(17)11-8-14(3,18)6-5-12(11)15(9,4)10(2)16/h7,11-13,17-18H,5-6,8H2,1-4H3/t11-,12-,13-,14+,15+/m0/s1. The molecule has 18 heavy (non-hydrogen) atoms. The van der Waals surface area contributed by atoms with Crippen molar-refractivity contribution in [2.75, 3.05) is 0 Å². The van der Waals surface area contributed by atoms with Gasteiger partial charge in [-0.05, 0) is 58.8 Å². The fourth-order valence-corrected chi connectivity index (χ4v) is 3.89. The Labute approximate surface area is 109 Å². The molecule has 3 heteroatoms. The Morgan fingerprint density at radius 1 is 1.44 bits per heavy atom. The molecule has 0 spiro atoms. The number of hydrogen-bond acceptors (Lipinski definition) is 3. The summed E-state index contributed by atoms with van der Waals surface area (Å²) in [5.41, 5.74) is -0.204. The zero-order valence-corrected chi connectivity index (χ0v) is 11.7. The minimum absolute atomic E-state index is 0.00801. The number of aliphatic hydroxyl groups excluding tert-OH is 1. The Morgan fingerprint density at radius 2 is 2.06 bits per heavy atom. The number of allylic oxidation sites excluding steroid dienone is 1. The largest absolute Gasteiger partial charge is 0.390 e. The molecule has 1 fully saturated rings. The van der Waals surface area contributed by atoms with Gasteiger partial charge < -0.3 is 10.2 Å². The second-order valence-corrected chi connectivity index (χ2v) is 6.61. The van der Waals surface area contributed by atoms with Gasteiger partial charge in [-0.1, -0.05) is 11.6 Å². The molecule has 0 aromatic rings. The summed E-state index contributed by atoms with van der Waals surface area (Å²) in [4.78, 5) is 12.1. The summed E-state index contributed by atoms with van der Waals surface area (Å²) in [5, 5.41) is 20.4. The molecule has 2 N–H and O–H groups in total. The third kappa shape index (κ3) is 1.94. The zero-order chi connectivity index (χ0) is 13.7. The van der Waals surface area contributed by atoms with Gasteiger partial charge in [-0.15, -0.1) is 0 Å². The first-order valence-electron chi connectivity index (χ1n) is 6.79. The van der Waals surface area contributed by atoms with Crippen molar-refractivity contribution >= 4 is 5.78 Å². The lowest BCUT2D eigenvalue weighted by Gasteiger charge is -2.51. The van der Waals surface area contributed by atoms with Crippen LogP contribution in [0.4, 0.5) is 0 Å². The van der Waals surface area contributed by atoms with Gasteiger partial charge in [0, 0.05) is 5.41 Å². The monoisotopic (exact) mass is 252 g/mol. The number of aliphatic hydroxyl groups is 2. The van der Waals surface area contributed by atoms with Crippen LogP contribution in [0.1, 0.15) is 47.0 Å². The molecule has 2 aliphatic carbocycles. The first-order chi connectivity index (χ1) is 8.18. The van der Waals surface area contributed by atoms with Crippen molar-refractivity contribution in [1.82, 2.24) is 0 Å². The normalized spacial score (nSPS) is 48.3. The first-order valence-corrected chi connectivity index (χ1v) is 6.79. The Balaban J connectivity index is 2.42. The molecule has 102 valence electrons. The quantitative estimate of drug-likeness (QED) is 0.702. The second-order valence-electron chi connectivity index (χ2n) is 6.61. The molecule has 5 atom stereocenters. The highest BCUT2D eigenvalue weighted by Crippen LogP contribution is 2.53. The van der Waals surface area contributed by atoms with Crippen LogP contribution in [0, 0.1) is 17.3 Å². The molecule has 3 nitrogen and oxygen atoms in total. The SMILES string of the molecule is CC(=O)[C@@]1(C)C(C)=C[C@H](O)[C@H]2C[C@](C)(O)CC[C@@H]21. The van der Waals surface area contributed by atoms with Crippen molar-refractivity contribution in [2.24, 2.45) is 17.3 Å². The lowest BCUT2D eigenvalue weighted by atomic mass is 9.54. The van der Waals surface area contributed by atoms with Crippen LogP contribution in [-0.2, 0) is 4.79 Å². The van der Waals surface area contributed by atoms with E-state index in [-0.39, 0.29) is 17.6 Å². The van der Waals surface area contributed by atoms with E-state index in [9.17, 15) is 15.0 Å². The van der Waals surface area contributed by atoms with Crippen molar-refractivity contribution < 1.29 is 15.0 Å². The van der Waals surface area contributed by atoms with E-state index in [0.717, 1.165) is 12.0 Å². The molecule has 0 aromatic carbocycles. The van der Waals surface area contributed by atoms with E-state index in [0.29, 0.717) is 12.8 Å².